The molecule has 124 valence electrons. The van der Waals surface area contributed by atoms with Gasteiger partial charge < -0.3 is 10.4 Å². The summed E-state index contributed by atoms with van der Waals surface area (Å²) in [5.41, 5.74) is 8.32. The number of phenolic OH excluding ortho intramolecular Hbond substituents is 1. The van der Waals surface area contributed by atoms with Gasteiger partial charge in [0.2, 0.25) is 5.91 Å². The van der Waals surface area contributed by atoms with Gasteiger partial charge in [-0.15, -0.1) is 0 Å². The maximum Gasteiger partial charge on any atom is 0.239 e. The van der Waals surface area contributed by atoms with Gasteiger partial charge in [0.1, 0.15) is 11.8 Å². The van der Waals surface area contributed by atoms with Crippen LogP contribution < -0.4 is 16.2 Å². The first-order valence-corrected chi connectivity index (χ1v) is 8.43. The molecule has 5 heteroatoms. The van der Waals surface area contributed by atoms with Crippen LogP contribution in [0.25, 0.3) is 0 Å². The van der Waals surface area contributed by atoms with Gasteiger partial charge in [-0.2, -0.15) is 0 Å². The van der Waals surface area contributed by atoms with Crippen LogP contribution in [0.4, 0.5) is 0 Å². The Kier molecular flexibility index (Phi) is 4.98. The lowest BCUT2D eigenvalue weighted by Gasteiger charge is -2.22. The van der Waals surface area contributed by atoms with Crippen LogP contribution in [0.1, 0.15) is 50.6 Å². The SMILES string of the molecule is CC(NC(=O)C1CC(c2ccccc2O)NN1)C1=CCCCC1. The van der Waals surface area contributed by atoms with E-state index in [1.54, 1.807) is 12.1 Å². The van der Waals surface area contributed by atoms with E-state index in [1.165, 1.54) is 18.4 Å². The standard InChI is InChI=1S/C18H25N3O2/c1-12(13-7-3-2-4-8-13)19-18(23)16-11-15(20-21-16)14-9-5-6-10-17(14)22/h5-7,9-10,12,15-16,20-22H,2-4,8,11H2,1H3,(H,19,23). The quantitative estimate of drug-likeness (QED) is 0.643. The number of aromatic hydroxyl groups is 1. The van der Waals surface area contributed by atoms with Crippen molar-refractivity contribution in [2.24, 2.45) is 0 Å². The maximum absolute atomic E-state index is 12.5. The molecule has 0 spiro atoms. The number of hydrazine groups is 1. The number of para-hydroxylation sites is 1. The van der Waals surface area contributed by atoms with Crippen LogP contribution in [0, 0.1) is 0 Å². The van der Waals surface area contributed by atoms with Crippen molar-refractivity contribution in [1.82, 2.24) is 16.2 Å². The number of allylic oxidation sites excluding steroid dienone is 1. The van der Waals surface area contributed by atoms with Gasteiger partial charge >= 0.3 is 0 Å². The van der Waals surface area contributed by atoms with Gasteiger partial charge in [0.05, 0.1) is 6.04 Å². The highest BCUT2D eigenvalue weighted by atomic mass is 16.3. The van der Waals surface area contributed by atoms with Gasteiger partial charge in [-0.25, -0.2) is 10.9 Å². The molecule has 0 bridgehead atoms. The molecule has 0 saturated carbocycles. The predicted molar refractivity (Wildman–Crippen MR) is 89.7 cm³/mol. The van der Waals surface area contributed by atoms with Crippen molar-refractivity contribution in [1.29, 1.82) is 0 Å². The Hall–Kier alpha value is -1.85. The molecule has 2 aliphatic rings. The number of phenols is 1. The minimum atomic E-state index is -0.286. The fraction of sp³-hybridized carbons (Fsp3) is 0.500. The Morgan fingerprint density at radius 1 is 1.30 bits per heavy atom. The zero-order valence-corrected chi connectivity index (χ0v) is 13.5. The summed E-state index contributed by atoms with van der Waals surface area (Å²) in [4.78, 5) is 12.5. The number of benzene rings is 1. The minimum Gasteiger partial charge on any atom is -0.508 e. The second-order valence-corrected chi connectivity index (χ2v) is 6.44. The van der Waals surface area contributed by atoms with E-state index in [0.717, 1.165) is 18.4 Å². The summed E-state index contributed by atoms with van der Waals surface area (Å²) in [6, 6.07) is 6.98. The van der Waals surface area contributed by atoms with Gasteiger partial charge in [-0.1, -0.05) is 29.8 Å². The van der Waals surface area contributed by atoms with E-state index >= 15 is 0 Å². The lowest BCUT2D eigenvalue weighted by molar-refractivity contribution is -0.123. The van der Waals surface area contributed by atoms with Gasteiger partial charge in [0, 0.05) is 11.6 Å². The number of nitrogens with one attached hydrogen (secondary N) is 3. The smallest absolute Gasteiger partial charge is 0.239 e. The Labute approximate surface area is 137 Å². The average Bonchev–Trinajstić information content (AvgIpc) is 3.06. The van der Waals surface area contributed by atoms with E-state index < -0.39 is 0 Å². The van der Waals surface area contributed by atoms with Crippen LogP contribution in [0.5, 0.6) is 5.75 Å². The van der Waals surface area contributed by atoms with Crippen LogP contribution in [0.15, 0.2) is 35.9 Å². The molecule has 1 aliphatic carbocycles. The zero-order valence-electron chi connectivity index (χ0n) is 13.5. The molecule has 3 unspecified atom stereocenters. The molecule has 3 atom stereocenters. The van der Waals surface area contributed by atoms with E-state index in [0.29, 0.717) is 6.42 Å². The Bertz CT molecular complexity index is 600. The Morgan fingerprint density at radius 3 is 2.87 bits per heavy atom. The van der Waals surface area contributed by atoms with Crippen LogP contribution in [-0.4, -0.2) is 23.1 Å². The zero-order chi connectivity index (χ0) is 16.2. The molecule has 1 fully saturated rings. The molecular weight excluding hydrogens is 290 g/mol. The van der Waals surface area contributed by atoms with Crippen LogP contribution in [-0.2, 0) is 4.79 Å². The third-order valence-corrected chi connectivity index (χ3v) is 4.77. The lowest BCUT2D eigenvalue weighted by Crippen LogP contribution is -2.46. The molecule has 0 aromatic heterocycles. The van der Waals surface area contributed by atoms with Crippen LogP contribution >= 0.6 is 0 Å². The summed E-state index contributed by atoms with van der Waals surface area (Å²) in [6.45, 7) is 2.05. The van der Waals surface area contributed by atoms with E-state index in [-0.39, 0.29) is 29.8 Å². The lowest BCUT2D eigenvalue weighted by atomic mass is 9.94. The molecule has 0 radical (unpaired) electrons. The molecule has 5 nitrogen and oxygen atoms in total. The fourth-order valence-corrected chi connectivity index (χ4v) is 3.38. The number of amides is 1. The first-order chi connectivity index (χ1) is 11.1. The van der Waals surface area contributed by atoms with Crippen molar-refractivity contribution in [3.8, 4) is 5.75 Å². The summed E-state index contributed by atoms with van der Waals surface area (Å²) in [6.07, 6.45) is 7.55. The number of hydrogen-bond acceptors (Lipinski definition) is 4. The third kappa shape index (κ3) is 3.74. The maximum atomic E-state index is 12.5. The predicted octanol–water partition coefficient (Wildman–Crippen LogP) is 2.30. The van der Waals surface area contributed by atoms with Gasteiger partial charge in [-0.05, 0) is 45.1 Å². The summed E-state index contributed by atoms with van der Waals surface area (Å²) in [5.74, 6) is 0.267. The van der Waals surface area contributed by atoms with Crippen molar-refractivity contribution in [2.75, 3.05) is 0 Å². The number of carbonyl (C=O) groups excluding carboxylic acids is 1. The van der Waals surface area contributed by atoms with E-state index in [9.17, 15) is 9.90 Å². The molecule has 1 aliphatic heterocycles. The monoisotopic (exact) mass is 315 g/mol. The van der Waals surface area contributed by atoms with E-state index in [2.05, 4.69) is 29.2 Å². The van der Waals surface area contributed by atoms with Gasteiger partial charge in [0.25, 0.3) is 0 Å². The fourth-order valence-electron chi connectivity index (χ4n) is 3.38. The van der Waals surface area contributed by atoms with Crippen molar-refractivity contribution < 1.29 is 9.90 Å². The number of carbonyl (C=O) groups is 1. The highest BCUT2D eigenvalue weighted by Gasteiger charge is 2.32. The summed E-state index contributed by atoms with van der Waals surface area (Å²) < 4.78 is 0. The normalized spacial score (nSPS) is 25.7. The number of rotatable bonds is 4. The average molecular weight is 315 g/mol. The third-order valence-electron chi connectivity index (χ3n) is 4.77. The molecule has 23 heavy (non-hydrogen) atoms. The van der Waals surface area contributed by atoms with Crippen molar-refractivity contribution >= 4 is 5.91 Å². The number of hydrogen-bond donors (Lipinski definition) is 4. The van der Waals surface area contributed by atoms with Gasteiger partial charge in [-0.3, -0.25) is 4.79 Å². The van der Waals surface area contributed by atoms with E-state index in [4.69, 9.17) is 0 Å². The molecular formula is C18H25N3O2. The summed E-state index contributed by atoms with van der Waals surface area (Å²) in [7, 11) is 0. The molecule has 1 amide bonds. The summed E-state index contributed by atoms with van der Waals surface area (Å²) in [5, 5.41) is 13.0. The summed E-state index contributed by atoms with van der Waals surface area (Å²) >= 11 is 0. The first kappa shape index (κ1) is 16.0. The Morgan fingerprint density at radius 2 is 2.13 bits per heavy atom. The van der Waals surface area contributed by atoms with E-state index in [1.807, 2.05) is 12.1 Å². The van der Waals surface area contributed by atoms with Crippen molar-refractivity contribution in [2.45, 2.75) is 57.2 Å². The molecule has 3 rings (SSSR count). The highest BCUT2D eigenvalue weighted by molar-refractivity contribution is 5.82. The molecule has 4 N–H and O–H groups in total. The largest absolute Gasteiger partial charge is 0.508 e. The highest BCUT2D eigenvalue weighted by Crippen LogP contribution is 2.29. The Balaban J connectivity index is 1.57. The van der Waals surface area contributed by atoms with Crippen LogP contribution in [0.2, 0.25) is 0 Å². The molecule has 1 saturated heterocycles. The van der Waals surface area contributed by atoms with Crippen LogP contribution in [0.3, 0.4) is 0 Å². The topological polar surface area (TPSA) is 73.4 Å². The molecule has 1 heterocycles. The second kappa shape index (κ2) is 7.15. The molecule has 1 aromatic carbocycles. The molecule has 1 aromatic rings. The minimum absolute atomic E-state index is 0.00870. The van der Waals surface area contributed by atoms with Crippen molar-refractivity contribution in [3.63, 3.8) is 0 Å². The van der Waals surface area contributed by atoms with Gasteiger partial charge in [0.15, 0.2) is 0 Å². The van der Waals surface area contributed by atoms with Crippen molar-refractivity contribution in [3.05, 3.63) is 41.5 Å². The second-order valence-electron chi connectivity index (χ2n) is 6.44. The first-order valence-electron chi connectivity index (χ1n) is 8.43.